The summed E-state index contributed by atoms with van der Waals surface area (Å²) >= 11 is 1.03. The highest BCUT2D eigenvalue weighted by Gasteiger charge is 2.26. The van der Waals surface area contributed by atoms with E-state index in [1.54, 1.807) is 13.2 Å². The molecule has 1 amide bonds. The molecule has 0 spiro atoms. The smallest absolute Gasteiger partial charge is 0.307 e. The predicted octanol–water partition coefficient (Wildman–Crippen LogP) is 1.11. The van der Waals surface area contributed by atoms with Crippen molar-refractivity contribution in [1.82, 2.24) is 14.5 Å². The average molecular weight is 318 g/mol. The van der Waals surface area contributed by atoms with Gasteiger partial charge in [0.05, 0.1) is 0 Å². The summed E-state index contributed by atoms with van der Waals surface area (Å²) in [6.07, 6.45) is 1.78. The van der Waals surface area contributed by atoms with Gasteiger partial charge >= 0.3 is 4.87 Å². The first kappa shape index (κ1) is 14.8. The second kappa shape index (κ2) is 5.92. The van der Waals surface area contributed by atoms with Gasteiger partial charge in [-0.15, -0.1) is 0 Å². The Kier molecular flexibility index (Phi) is 3.98. The topological polar surface area (TPSA) is 58.4 Å². The van der Waals surface area contributed by atoms with Gasteiger partial charge in [0.25, 0.3) is 5.91 Å². The van der Waals surface area contributed by atoms with Gasteiger partial charge in [0.2, 0.25) is 0 Å². The van der Waals surface area contributed by atoms with Crippen LogP contribution in [0.2, 0.25) is 0 Å². The van der Waals surface area contributed by atoms with E-state index >= 15 is 0 Å². The van der Waals surface area contributed by atoms with E-state index in [1.165, 1.54) is 4.57 Å². The maximum Gasteiger partial charge on any atom is 0.307 e. The largest absolute Gasteiger partial charge is 0.353 e. The Morgan fingerprint density at radius 2 is 1.95 bits per heavy atom. The van der Waals surface area contributed by atoms with Gasteiger partial charge in [-0.1, -0.05) is 17.4 Å². The fourth-order valence-electron chi connectivity index (χ4n) is 2.54. The molecule has 0 unspecified atom stereocenters. The summed E-state index contributed by atoms with van der Waals surface area (Å²) < 4.78 is 1.53. The van der Waals surface area contributed by atoms with Crippen molar-refractivity contribution in [2.45, 2.75) is 6.92 Å². The third-order valence-electron chi connectivity index (χ3n) is 4.03. The molecular weight excluding hydrogens is 300 g/mol. The van der Waals surface area contributed by atoms with E-state index in [2.05, 4.69) is 9.88 Å². The number of anilines is 1. The van der Waals surface area contributed by atoms with Crippen LogP contribution in [0.25, 0.3) is 0 Å². The fourth-order valence-corrected chi connectivity index (χ4v) is 3.49. The first-order valence-electron chi connectivity index (χ1n) is 7.19. The standard InChI is InChI=1S/C15H18N4O2S/c1-11-13(22-15(21)17(11)2)14(20)19-9-7-18(8-10-19)12-5-3-4-6-16-12/h3-6H,7-10H2,1-2H3. The monoisotopic (exact) mass is 318 g/mol. The van der Waals surface area contributed by atoms with Crippen LogP contribution in [0, 0.1) is 6.92 Å². The Morgan fingerprint density at radius 1 is 1.23 bits per heavy atom. The molecule has 0 aliphatic carbocycles. The molecule has 1 saturated heterocycles. The number of hydrogen-bond donors (Lipinski definition) is 0. The molecule has 116 valence electrons. The molecule has 1 aliphatic rings. The van der Waals surface area contributed by atoms with Gasteiger partial charge in [-0.25, -0.2) is 4.98 Å². The van der Waals surface area contributed by atoms with Crippen LogP contribution in [0.3, 0.4) is 0 Å². The molecule has 1 fully saturated rings. The molecular formula is C15H18N4O2S. The number of hydrogen-bond acceptors (Lipinski definition) is 5. The number of thiazole rings is 1. The highest BCUT2D eigenvalue weighted by Crippen LogP contribution is 2.17. The number of carbonyl (C=O) groups is 1. The lowest BCUT2D eigenvalue weighted by Gasteiger charge is -2.35. The van der Waals surface area contributed by atoms with Crippen molar-refractivity contribution in [2.75, 3.05) is 31.1 Å². The summed E-state index contributed by atoms with van der Waals surface area (Å²) in [4.78, 5) is 33.1. The zero-order valence-electron chi connectivity index (χ0n) is 12.7. The maximum absolute atomic E-state index is 12.6. The van der Waals surface area contributed by atoms with Crippen LogP contribution in [0.15, 0.2) is 29.2 Å². The molecule has 0 radical (unpaired) electrons. The Labute approximate surface area is 132 Å². The van der Waals surface area contributed by atoms with Crippen molar-refractivity contribution in [3.05, 3.63) is 44.6 Å². The number of carbonyl (C=O) groups excluding carboxylic acids is 1. The number of amides is 1. The van der Waals surface area contributed by atoms with Crippen molar-refractivity contribution in [2.24, 2.45) is 7.05 Å². The summed E-state index contributed by atoms with van der Waals surface area (Å²) in [5.41, 5.74) is 0.743. The zero-order valence-corrected chi connectivity index (χ0v) is 13.5. The normalized spacial score (nSPS) is 15.2. The number of aromatic nitrogens is 2. The highest BCUT2D eigenvalue weighted by molar-refractivity contribution is 7.11. The van der Waals surface area contributed by atoms with E-state index in [0.717, 1.165) is 35.9 Å². The van der Waals surface area contributed by atoms with E-state index in [1.807, 2.05) is 30.0 Å². The van der Waals surface area contributed by atoms with Gasteiger partial charge in [-0.3, -0.25) is 9.59 Å². The molecule has 2 aromatic heterocycles. The summed E-state index contributed by atoms with van der Waals surface area (Å²) in [5, 5.41) is 0. The van der Waals surface area contributed by atoms with Crippen LogP contribution in [-0.2, 0) is 7.05 Å². The van der Waals surface area contributed by atoms with Gasteiger partial charge in [0, 0.05) is 45.1 Å². The number of rotatable bonds is 2. The van der Waals surface area contributed by atoms with Crippen LogP contribution in [0.4, 0.5) is 5.82 Å². The molecule has 22 heavy (non-hydrogen) atoms. The quantitative estimate of drug-likeness (QED) is 0.832. The van der Waals surface area contributed by atoms with E-state index in [4.69, 9.17) is 0 Å². The van der Waals surface area contributed by atoms with Crippen LogP contribution < -0.4 is 9.77 Å². The Morgan fingerprint density at radius 3 is 2.50 bits per heavy atom. The molecule has 7 heteroatoms. The summed E-state index contributed by atoms with van der Waals surface area (Å²) in [5.74, 6) is 0.899. The van der Waals surface area contributed by atoms with E-state index in [9.17, 15) is 9.59 Å². The van der Waals surface area contributed by atoms with Crippen molar-refractivity contribution in [3.63, 3.8) is 0 Å². The average Bonchev–Trinajstić information content (AvgIpc) is 2.83. The summed E-state index contributed by atoms with van der Waals surface area (Å²) in [7, 11) is 1.70. The lowest BCUT2D eigenvalue weighted by Crippen LogP contribution is -2.49. The SMILES string of the molecule is Cc1c(C(=O)N2CCN(c3ccccn3)CC2)sc(=O)n1C. The van der Waals surface area contributed by atoms with Gasteiger partial charge in [-0.2, -0.15) is 0 Å². The van der Waals surface area contributed by atoms with Crippen molar-refractivity contribution in [1.29, 1.82) is 0 Å². The van der Waals surface area contributed by atoms with E-state index < -0.39 is 0 Å². The second-order valence-corrected chi connectivity index (χ2v) is 6.27. The lowest BCUT2D eigenvalue weighted by atomic mass is 10.2. The van der Waals surface area contributed by atoms with E-state index in [-0.39, 0.29) is 10.8 Å². The highest BCUT2D eigenvalue weighted by atomic mass is 32.1. The molecule has 0 bridgehead atoms. The van der Waals surface area contributed by atoms with Crippen molar-refractivity contribution >= 4 is 23.1 Å². The summed E-state index contributed by atoms with van der Waals surface area (Å²) in [6.45, 7) is 4.61. The van der Waals surface area contributed by atoms with Crippen molar-refractivity contribution < 1.29 is 4.79 Å². The summed E-state index contributed by atoms with van der Waals surface area (Å²) in [6, 6.07) is 5.83. The van der Waals surface area contributed by atoms with Crippen LogP contribution in [0.1, 0.15) is 15.4 Å². The van der Waals surface area contributed by atoms with Crippen molar-refractivity contribution in [3.8, 4) is 0 Å². The molecule has 0 N–H and O–H groups in total. The van der Waals surface area contributed by atoms with Gasteiger partial charge in [0.15, 0.2) is 0 Å². The number of pyridine rings is 1. The Bertz CT molecular complexity index is 730. The zero-order chi connectivity index (χ0) is 15.7. The lowest BCUT2D eigenvalue weighted by molar-refractivity contribution is 0.0750. The molecule has 0 atom stereocenters. The Hall–Kier alpha value is -2.15. The van der Waals surface area contributed by atoms with Gasteiger partial charge < -0.3 is 14.4 Å². The van der Waals surface area contributed by atoms with Crippen LogP contribution >= 0.6 is 11.3 Å². The minimum atomic E-state index is -0.0898. The molecule has 1 aliphatic heterocycles. The first-order valence-corrected chi connectivity index (χ1v) is 8.01. The minimum absolute atomic E-state index is 0.0409. The first-order chi connectivity index (χ1) is 10.6. The molecule has 0 saturated carbocycles. The molecule has 3 heterocycles. The fraction of sp³-hybridized carbons (Fsp3) is 0.400. The van der Waals surface area contributed by atoms with Crippen LogP contribution in [-0.4, -0.2) is 46.5 Å². The predicted molar refractivity (Wildman–Crippen MR) is 86.7 cm³/mol. The third-order valence-corrected chi connectivity index (χ3v) is 5.15. The molecule has 6 nitrogen and oxygen atoms in total. The molecule has 3 rings (SSSR count). The van der Waals surface area contributed by atoms with Gasteiger partial charge in [-0.05, 0) is 19.1 Å². The molecule has 0 aromatic carbocycles. The molecule has 2 aromatic rings. The third kappa shape index (κ3) is 2.64. The van der Waals surface area contributed by atoms with Crippen LogP contribution in [0.5, 0.6) is 0 Å². The van der Waals surface area contributed by atoms with E-state index in [0.29, 0.717) is 18.0 Å². The maximum atomic E-state index is 12.6. The Balaban J connectivity index is 1.70. The second-order valence-electron chi connectivity index (χ2n) is 5.31. The minimum Gasteiger partial charge on any atom is -0.353 e. The number of nitrogens with zero attached hydrogens (tertiary/aromatic N) is 4. The van der Waals surface area contributed by atoms with Gasteiger partial charge in [0.1, 0.15) is 10.7 Å². The number of piperazine rings is 1.